The van der Waals surface area contributed by atoms with Crippen molar-refractivity contribution < 1.29 is 9.59 Å². The maximum absolute atomic E-state index is 12.9. The first-order chi connectivity index (χ1) is 10.9. The highest BCUT2D eigenvalue weighted by molar-refractivity contribution is 6.06. The summed E-state index contributed by atoms with van der Waals surface area (Å²) in [6.45, 7) is 6.58. The second-order valence-electron chi connectivity index (χ2n) is 7.44. The maximum atomic E-state index is 12.9. The maximum Gasteiger partial charge on any atom is 0.234 e. The van der Waals surface area contributed by atoms with Crippen molar-refractivity contribution in [3.05, 3.63) is 28.6 Å². The first-order valence-electron chi connectivity index (χ1n) is 8.41. The molecule has 3 aliphatic rings. The van der Waals surface area contributed by atoms with Gasteiger partial charge in [0.1, 0.15) is 0 Å². The third kappa shape index (κ3) is 1.82. The molecule has 0 unspecified atom stereocenters. The molecular formula is C18H23N3O2. The standard InChI is InChI=1S/C18H23N3O2/c1-9(2)14-12-5-6-13(14)16-15(12)17(22)21(18(16)23)8-11-7-19-20(4)10(11)3/h7,12-13,15-16H,5-6,8H2,1-4H3/t12-,13+,15-,16-/m1/s1. The lowest BCUT2D eigenvalue weighted by atomic mass is 9.81. The second-order valence-corrected chi connectivity index (χ2v) is 7.44. The van der Waals surface area contributed by atoms with Gasteiger partial charge in [0.05, 0.1) is 24.6 Å². The van der Waals surface area contributed by atoms with E-state index in [1.807, 2.05) is 14.0 Å². The minimum atomic E-state index is -0.108. The number of hydrogen-bond acceptors (Lipinski definition) is 3. The van der Waals surface area contributed by atoms with Crippen LogP contribution in [0.25, 0.3) is 0 Å². The highest BCUT2D eigenvalue weighted by Crippen LogP contribution is 2.60. The predicted octanol–water partition coefficient (Wildman–Crippen LogP) is 2.21. The smallest absolute Gasteiger partial charge is 0.234 e. The highest BCUT2D eigenvalue weighted by atomic mass is 16.2. The number of carbonyl (C=O) groups excluding carboxylic acids is 2. The molecule has 1 saturated heterocycles. The van der Waals surface area contributed by atoms with Gasteiger partial charge in [-0.25, -0.2) is 0 Å². The Morgan fingerprint density at radius 2 is 1.74 bits per heavy atom. The van der Waals surface area contributed by atoms with Gasteiger partial charge >= 0.3 is 0 Å². The molecule has 4 rings (SSSR count). The van der Waals surface area contributed by atoms with E-state index < -0.39 is 0 Å². The molecule has 0 spiro atoms. The number of likely N-dealkylation sites (tertiary alicyclic amines) is 1. The summed E-state index contributed by atoms with van der Waals surface area (Å²) >= 11 is 0. The number of allylic oxidation sites excluding steroid dienone is 2. The van der Waals surface area contributed by atoms with Gasteiger partial charge in [0.25, 0.3) is 0 Å². The summed E-state index contributed by atoms with van der Waals surface area (Å²) in [5, 5.41) is 4.22. The average molecular weight is 313 g/mol. The Hall–Kier alpha value is -1.91. The first-order valence-corrected chi connectivity index (χ1v) is 8.41. The van der Waals surface area contributed by atoms with Crippen LogP contribution in [0.2, 0.25) is 0 Å². The summed E-state index contributed by atoms with van der Waals surface area (Å²) in [7, 11) is 1.88. The number of rotatable bonds is 2. The number of fused-ring (bicyclic) bond motifs is 5. The molecule has 1 aromatic rings. The molecule has 1 aliphatic heterocycles. The fourth-order valence-corrected chi connectivity index (χ4v) is 5.08. The van der Waals surface area contributed by atoms with E-state index in [0.29, 0.717) is 18.4 Å². The zero-order valence-electron chi connectivity index (χ0n) is 14.2. The van der Waals surface area contributed by atoms with E-state index in [0.717, 1.165) is 24.1 Å². The lowest BCUT2D eigenvalue weighted by Gasteiger charge is -2.19. The third-order valence-corrected chi connectivity index (χ3v) is 6.19. The Morgan fingerprint density at radius 3 is 2.17 bits per heavy atom. The van der Waals surface area contributed by atoms with Crippen LogP contribution in [0.5, 0.6) is 0 Å². The Morgan fingerprint density at radius 1 is 1.17 bits per heavy atom. The van der Waals surface area contributed by atoms with E-state index in [4.69, 9.17) is 0 Å². The molecule has 122 valence electrons. The normalized spacial score (nSPS) is 32.2. The highest BCUT2D eigenvalue weighted by Gasteiger charge is 2.63. The van der Waals surface area contributed by atoms with Gasteiger partial charge in [0, 0.05) is 18.3 Å². The molecule has 2 aliphatic carbocycles. The molecular weight excluding hydrogens is 290 g/mol. The van der Waals surface area contributed by atoms with Crippen LogP contribution >= 0.6 is 0 Å². The number of aryl methyl sites for hydroxylation is 1. The van der Waals surface area contributed by atoms with Crippen LogP contribution < -0.4 is 0 Å². The lowest BCUT2D eigenvalue weighted by molar-refractivity contribution is -0.141. The van der Waals surface area contributed by atoms with Crippen LogP contribution in [0.1, 0.15) is 37.9 Å². The van der Waals surface area contributed by atoms with Gasteiger partial charge < -0.3 is 0 Å². The molecule has 5 heteroatoms. The van der Waals surface area contributed by atoms with Crippen LogP contribution in [0.3, 0.4) is 0 Å². The van der Waals surface area contributed by atoms with Gasteiger partial charge in [-0.3, -0.25) is 19.2 Å². The predicted molar refractivity (Wildman–Crippen MR) is 85.1 cm³/mol. The van der Waals surface area contributed by atoms with E-state index in [-0.39, 0.29) is 23.7 Å². The monoisotopic (exact) mass is 313 g/mol. The molecule has 3 fully saturated rings. The molecule has 4 atom stereocenters. The zero-order valence-corrected chi connectivity index (χ0v) is 14.2. The van der Waals surface area contributed by atoms with Crippen molar-refractivity contribution in [2.75, 3.05) is 0 Å². The minimum absolute atomic E-state index is 0.0363. The largest absolute Gasteiger partial charge is 0.277 e. The molecule has 23 heavy (non-hydrogen) atoms. The molecule has 2 saturated carbocycles. The molecule has 5 nitrogen and oxygen atoms in total. The van der Waals surface area contributed by atoms with Crippen molar-refractivity contribution >= 4 is 11.8 Å². The first kappa shape index (κ1) is 14.7. The number of aromatic nitrogens is 2. The van der Waals surface area contributed by atoms with Crippen LogP contribution in [0.4, 0.5) is 0 Å². The van der Waals surface area contributed by atoms with E-state index >= 15 is 0 Å². The van der Waals surface area contributed by atoms with E-state index in [1.165, 1.54) is 16.0 Å². The van der Waals surface area contributed by atoms with Gasteiger partial charge in [0.15, 0.2) is 0 Å². The fourth-order valence-electron chi connectivity index (χ4n) is 5.08. The molecule has 0 aromatic carbocycles. The molecule has 0 N–H and O–H groups in total. The van der Waals surface area contributed by atoms with Crippen molar-refractivity contribution in [1.82, 2.24) is 14.7 Å². The number of carbonyl (C=O) groups is 2. The van der Waals surface area contributed by atoms with E-state index in [2.05, 4.69) is 18.9 Å². The molecule has 1 aromatic heterocycles. The Labute approximate surface area is 136 Å². The topological polar surface area (TPSA) is 55.2 Å². The fraction of sp³-hybridized carbons (Fsp3) is 0.611. The molecule has 2 amide bonds. The van der Waals surface area contributed by atoms with Crippen molar-refractivity contribution in [2.24, 2.45) is 30.7 Å². The van der Waals surface area contributed by atoms with E-state index in [1.54, 1.807) is 10.9 Å². The number of hydrogen-bond donors (Lipinski definition) is 0. The Bertz CT molecular complexity index is 709. The van der Waals surface area contributed by atoms with Crippen LogP contribution in [0, 0.1) is 30.6 Å². The van der Waals surface area contributed by atoms with Crippen LogP contribution in [-0.2, 0) is 23.2 Å². The average Bonchev–Trinajstić information content (AvgIpc) is 3.21. The number of amides is 2. The van der Waals surface area contributed by atoms with Crippen molar-refractivity contribution in [3.63, 3.8) is 0 Å². The number of imide groups is 1. The van der Waals surface area contributed by atoms with E-state index in [9.17, 15) is 9.59 Å². The van der Waals surface area contributed by atoms with Crippen LogP contribution in [-0.4, -0.2) is 26.5 Å². The Balaban J connectivity index is 1.66. The van der Waals surface area contributed by atoms with Crippen LogP contribution in [0.15, 0.2) is 17.3 Å². The van der Waals surface area contributed by atoms with Gasteiger partial charge in [-0.2, -0.15) is 5.10 Å². The summed E-state index contributed by atoms with van der Waals surface area (Å²) in [5.74, 6) is 0.451. The quantitative estimate of drug-likeness (QED) is 0.621. The van der Waals surface area contributed by atoms with Gasteiger partial charge in [-0.1, -0.05) is 11.1 Å². The zero-order chi connectivity index (χ0) is 16.5. The summed E-state index contributed by atoms with van der Waals surface area (Å²) in [5.41, 5.74) is 4.68. The van der Waals surface area contributed by atoms with Gasteiger partial charge in [0.2, 0.25) is 11.8 Å². The minimum Gasteiger partial charge on any atom is -0.277 e. The third-order valence-electron chi connectivity index (χ3n) is 6.19. The van der Waals surface area contributed by atoms with Crippen molar-refractivity contribution in [3.8, 4) is 0 Å². The SMILES string of the molecule is CC(C)=C1[C@H]2CC[C@@H]1[C@H]1C(=O)N(Cc3cnn(C)c3C)C(=O)[C@@H]12. The second kappa shape index (κ2) is 4.79. The van der Waals surface area contributed by atoms with Crippen molar-refractivity contribution in [1.29, 1.82) is 0 Å². The summed E-state index contributed by atoms with van der Waals surface area (Å²) in [6, 6.07) is 0. The molecule has 2 bridgehead atoms. The lowest BCUT2D eigenvalue weighted by Crippen LogP contribution is -2.32. The molecule has 2 heterocycles. The summed E-state index contributed by atoms with van der Waals surface area (Å²) in [6.07, 6.45) is 3.89. The summed E-state index contributed by atoms with van der Waals surface area (Å²) in [4.78, 5) is 27.4. The molecule has 0 radical (unpaired) electrons. The van der Waals surface area contributed by atoms with Crippen molar-refractivity contribution in [2.45, 2.75) is 40.2 Å². The Kier molecular flexibility index (Phi) is 3.06. The van der Waals surface area contributed by atoms with Gasteiger partial charge in [-0.15, -0.1) is 0 Å². The van der Waals surface area contributed by atoms with Gasteiger partial charge in [-0.05, 0) is 45.4 Å². The summed E-state index contributed by atoms with van der Waals surface area (Å²) < 4.78 is 1.78. The number of nitrogens with zero attached hydrogens (tertiary/aromatic N) is 3.